The van der Waals surface area contributed by atoms with Gasteiger partial charge in [-0.05, 0) is 36.8 Å². The first-order valence-corrected chi connectivity index (χ1v) is 6.41. The minimum atomic E-state index is 1.03. The van der Waals surface area contributed by atoms with Gasteiger partial charge in [-0.25, -0.2) is 0 Å². The lowest BCUT2D eigenvalue weighted by molar-refractivity contribution is 0.569. The summed E-state index contributed by atoms with van der Waals surface area (Å²) in [6.45, 7) is 0. The molecule has 1 aromatic carbocycles. The first kappa shape index (κ1) is 11.3. The molecule has 0 aliphatic heterocycles. The molecule has 0 radical (unpaired) electrons. The molecule has 1 nitrogen and oxygen atoms in total. The SMILES string of the molecule is NC(=C1CCCCCCC1)c1ccccc1. The van der Waals surface area contributed by atoms with E-state index < -0.39 is 0 Å². The molecule has 0 amide bonds. The Balaban J connectivity index is 2.17. The van der Waals surface area contributed by atoms with Crippen molar-refractivity contribution in [1.82, 2.24) is 0 Å². The molecule has 1 aliphatic carbocycles. The maximum absolute atomic E-state index is 6.27. The van der Waals surface area contributed by atoms with Gasteiger partial charge in [-0.3, -0.25) is 0 Å². The number of benzene rings is 1. The van der Waals surface area contributed by atoms with E-state index in [2.05, 4.69) is 24.3 Å². The minimum absolute atomic E-state index is 1.03. The van der Waals surface area contributed by atoms with Crippen LogP contribution >= 0.6 is 0 Å². The van der Waals surface area contributed by atoms with Gasteiger partial charge < -0.3 is 5.73 Å². The molecule has 16 heavy (non-hydrogen) atoms. The van der Waals surface area contributed by atoms with E-state index in [1.165, 1.54) is 56.1 Å². The largest absolute Gasteiger partial charge is 0.398 e. The number of allylic oxidation sites excluding steroid dienone is 1. The Kier molecular flexibility index (Phi) is 4.03. The minimum Gasteiger partial charge on any atom is -0.398 e. The Labute approximate surface area is 98.4 Å². The van der Waals surface area contributed by atoms with Crippen LogP contribution in [0.4, 0.5) is 0 Å². The zero-order valence-corrected chi connectivity index (χ0v) is 9.91. The number of hydrogen-bond acceptors (Lipinski definition) is 1. The third kappa shape index (κ3) is 2.88. The number of rotatable bonds is 1. The van der Waals surface area contributed by atoms with Crippen molar-refractivity contribution in [2.24, 2.45) is 5.73 Å². The van der Waals surface area contributed by atoms with E-state index in [-0.39, 0.29) is 0 Å². The monoisotopic (exact) mass is 215 g/mol. The van der Waals surface area contributed by atoms with Crippen LogP contribution in [-0.4, -0.2) is 0 Å². The molecule has 1 aromatic rings. The molecular weight excluding hydrogens is 194 g/mol. The highest BCUT2D eigenvalue weighted by molar-refractivity contribution is 5.65. The fourth-order valence-corrected chi connectivity index (χ4v) is 2.42. The molecule has 2 rings (SSSR count). The van der Waals surface area contributed by atoms with Crippen molar-refractivity contribution in [3.8, 4) is 0 Å². The van der Waals surface area contributed by atoms with Crippen molar-refractivity contribution < 1.29 is 0 Å². The molecule has 86 valence electrons. The molecule has 0 unspecified atom stereocenters. The summed E-state index contributed by atoms with van der Waals surface area (Å²) in [5.74, 6) is 0. The van der Waals surface area contributed by atoms with Gasteiger partial charge in [0.25, 0.3) is 0 Å². The Morgan fingerprint density at radius 2 is 1.38 bits per heavy atom. The van der Waals surface area contributed by atoms with Crippen molar-refractivity contribution in [2.75, 3.05) is 0 Å². The summed E-state index contributed by atoms with van der Waals surface area (Å²) in [6.07, 6.45) is 9.14. The second-order valence-electron chi connectivity index (χ2n) is 4.65. The van der Waals surface area contributed by atoms with Crippen molar-refractivity contribution in [2.45, 2.75) is 44.9 Å². The van der Waals surface area contributed by atoms with Gasteiger partial charge in [-0.2, -0.15) is 0 Å². The summed E-state index contributed by atoms with van der Waals surface area (Å²) in [5, 5.41) is 0. The summed E-state index contributed by atoms with van der Waals surface area (Å²) in [5.41, 5.74) is 9.97. The molecule has 0 atom stereocenters. The van der Waals surface area contributed by atoms with Gasteiger partial charge in [0.1, 0.15) is 0 Å². The molecular formula is C15H21N. The van der Waals surface area contributed by atoms with E-state index in [1.807, 2.05) is 6.07 Å². The lowest BCUT2D eigenvalue weighted by Crippen LogP contribution is -2.03. The van der Waals surface area contributed by atoms with Crippen LogP contribution in [0.25, 0.3) is 5.70 Å². The maximum Gasteiger partial charge on any atom is 0.0379 e. The van der Waals surface area contributed by atoms with Gasteiger partial charge in [0.2, 0.25) is 0 Å². The third-order valence-corrected chi connectivity index (χ3v) is 3.42. The Hall–Kier alpha value is -1.24. The van der Waals surface area contributed by atoms with Crippen LogP contribution in [0, 0.1) is 0 Å². The molecule has 1 saturated carbocycles. The first-order chi connectivity index (χ1) is 7.88. The highest BCUT2D eigenvalue weighted by atomic mass is 14.6. The van der Waals surface area contributed by atoms with Gasteiger partial charge >= 0.3 is 0 Å². The van der Waals surface area contributed by atoms with Gasteiger partial charge in [0.15, 0.2) is 0 Å². The van der Waals surface area contributed by atoms with E-state index in [0.29, 0.717) is 0 Å². The van der Waals surface area contributed by atoms with Crippen LogP contribution in [0.15, 0.2) is 35.9 Å². The van der Waals surface area contributed by atoms with Crippen molar-refractivity contribution >= 4 is 5.70 Å². The zero-order chi connectivity index (χ0) is 11.2. The molecule has 0 spiro atoms. The smallest absolute Gasteiger partial charge is 0.0379 e. The summed E-state index contributed by atoms with van der Waals surface area (Å²) < 4.78 is 0. The molecule has 2 N–H and O–H groups in total. The quantitative estimate of drug-likeness (QED) is 0.750. The lowest BCUT2D eigenvalue weighted by atomic mass is 9.93. The molecule has 1 heteroatoms. The van der Waals surface area contributed by atoms with Gasteiger partial charge in [0.05, 0.1) is 0 Å². The van der Waals surface area contributed by atoms with E-state index >= 15 is 0 Å². The predicted octanol–water partition coefficient (Wildman–Crippen LogP) is 4.10. The lowest BCUT2D eigenvalue weighted by Gasteiger charge is -2.15. The fourth-order valence-electron chi connectivity index (χ4n) is 2.42. The summed E-state index contributed by atoms with van der Waals surface area (Å²) in [4.78, 5) is 0. The van der Waals surface area contributed by atoms with Crippen molar-refractivity contribution in [1.29, 1.82) is 0 Å². The van der Waals surface area contributed by atoms with Crippen LogP contribution in [-0.2, 0) is 0 Å². The average Bonchev–Trinajstić information content (AvgIpc) is 2.29. The number of hydrogen-bond donors (Lipinski definition) is 1. The van der Waals surface area contributed by atoms with Crippen molar-refractivity contribution in [3.05, 3.63) is 41.5 Å². The van der Waals surface area contributed by atoms with Crippen LogP contribution in [0.1, 0.15) is 50.5 Å². The molecule has 1 aliphatic rings. The predicted molar refractivity (Wildman–Crippen MR) is 69.9 cm³/mol. The van der Waals surface area contributed by atoms with E-state index in [9.17, 15) is 0 Å². The van der Waals surface area contributed by atoms with Crippen molar-refractivity contribution in [3.63, 3.8) is 0 Å². The summed E-state index contributed by atoms with van der Waals surface area (Å²) in [6, 6.07) is 10.4. The van der Waals surface area contributed by atoms with Crippen LogP contribution in [0.2, 0.25) is 0 Å². The highest BCUT2D eigenvalue weighted by Gasteiger charge is 2.08. The zero-order valence-electron chi connectivity index (χ0n) is 9.91. The van der Waals surface area contributed by atoms with Crippen LogP contribution in [0.3, 0.4) is 0 Å². The number of nitrogens with two attached hydrogens (primary N) is 1. The first-order valence-electron chi connectivity index (χ1n) is 6.41. The standard InChI is InChI=1S/C15H21N/c16-15(14-11-7-4-8-12-14)13-9-5-2-1-3-6-10-13/h4,7-8,11-12H,1-3,5-6,9-10,16H2. The van der Waals surface area contributed by atoms with E-state index in [0.717, 1.165) is 5.70 Å². The molecule has 0 aromatic heterocycles. The fraction of sp³-hybridized carbons (Fsp3) is 0.467. The van der Waals surface area contributed by atoms with Crippen LogP contribution < -0.4 is 5.73 Å². The summed E-state index contributed by atoms with van der Waals surface area (Å²) in [7, 11) is 0. The normalized spacial score (nSPS) is 17.6. The van der Waals surface area contributed by atoms with Crippen LogP contribution in [0.5, 0.6) is 0 Å². The van der Waals surface area contributed by atoms with Gasteiger partial charge in [-0.1, -0.05) is 49.6 Å². The van der Waals surface area contributed by atoms with E-state index in [1.54, 1.807) is 0 Å². The third-order valence-electron chi connectivity index (χ3n) is 3.42. The van der Waals surface area contributed by atoms with Gasteiger partial charge in [-0.15, -0.1) is 0 Å². The topological polar surface area (TPSA) is 26.0 Å². The highest BCUT2D eigenvalue weighted by Crippen LogP contribution is 2.26. The molecule has 0 bridgehead atoms. The average molecular weight is 215 g/mol. The summed E-state index contributed by atoms with van der Waals surface area (Å²) >= 11 is 0. The van der Waals surface area contributed by atoms with E-state index in [4.69, 9.17) is 5.73 Å². The Bertz CT molecular complexity index is 341. The molecule has 1 fully saturated rings. The second-order valence-corrected chi connectivity index (χ2v) is 4.65. The second kappa shape index (κ2) is 5.74. The molecule has 0 heterocycles. The maximum atomic E-state index is 6.27. The van der Waals surface area contributed by atoms with Gasteiger partial charge in [0, 0.05) is 5.70 Å². The Morgan fingerprint density at radius 3 is 2.00 bits per heavy atom. The Morgan fingerprint density at radius 1 is 0.812 bits per heavy atom. The molecule has 0 saturated heterocycles.